The molecule has 0 saturated heterocycles. The van der Waals surface area contributed by atoms with E-state index in [0.29, 0.717) is 21.5 Å². The zero-order chi connectivity index (χ0) is 19.6. The highest BCUT2D eigenvalue weighted by atomic mass is 35.5. The molecule has 0 fully saturated rings. The summed E-state index contributed by atoms with van der Waals surface area (Å²) < 4.78 is 27.2. The average molecular weight is 407 g/mol. The number of hydrogen-bond donors (Lipinski definition) is 3. The van der Waals surface area contributed by atoms with Crippen LogP contribution in [-0.4, -0.2) is 30.5 Å². The number of rotatable bonds is 6. The van der Waals surface area contributed by atoms with Gasteiger partial charge in [0.2, 0.25) is 15.6 Å². The van der Waals surface area contributed by atoms with Crippen LogP contribution in [0.2, 0.25) is 5.02 Å². The molecule has 1 unspecified atom stereocenters. The minimum atomic E-state index is -4.08. The van der Waals surface area contributed by atoms with Crippen molar-refractivity contribution in [3.05, 3.63) is 75.5 Å². The summed E-state index contributed by atoms with van der Waals surface area (Å²) in [5.74, 6) is -1.35. The Labute approximate surface area is 159 Å². The zero-order valence-corrected chi connectivity index (χ0v) is 15.4. The van der Waals surface area contributed by atoms with Crippen LogP contribution < -0.4 is 10.3 Å². The molecule has 7 nitrogen and oxygen atoms in total. The summed E-state index contributed by atoms with van der Waals surface area (Å²) in [5.41, 5.74) is 0.582. The predicted molar refractivity (Wildman–Crippen MR) is 101 cm³/mol. The van der Waals surface area contributed by atoms with Crippen molar-refractivity contribution in [3.63, 3.8) is 0 Å². The van der Waals surface area contributed by atoms with Gasteiger partial charge < -0.3 is 10.1 Å². The molecule has 0 saturated carbocycles. The third-order valence-corrected chi connectivity index (χ3v) is 5.72. The molecule has 1 atom stereocenters. The molecule has 2 aromatic carbocycles. The SMILES string of the molecule is O=C(O)C(Cc1cc(=O)[nH]c2ccccc12)NS(=O)(=O)c1ccc(Cl)cc1. The van der Waals surface area contributed by atoms with E-state index in [0.717, 1.165) is 0 Å². The van der Waals surface area contributed by atoms with Crippen molar-refractivity contribution in [1.82, 2.24) is 9.71 Å². The monoisotopic (exact) mass is 406 g/mol. The van der Waals surface area contributed by atoms with Gasteiger partial charge in [-0.1, -0.05) is 29.8 Å². The molecule has 0 aliphatic heterocycles. The Morgan fingerprint density at radius 2 is 1.81 bits per heavy atom. The Balaban J connectivity index is 1.95. The molecular weight excluding hydrogens is 392 g/mol. The largest absolute Gasteiger partial charge is 0.480 e. The fourth-order valence-electron chi connectivity index (χ4n) is 2.71. The molecule has 0 aliphatic carbocycles. The highest BCUT2D eigenvalue weighted by Crippen LogP contribution is 2.18. The predicted octanol–water partition coefficient (Wildman–Crippen LogP) is 2.16. The van der Waals surface area contributed by atoms with Gasteiger partial charge in [-0.05, 0) is 35.9 Å². The summed E-state index contributed by atoms with van der Waals surface area (Å²) in [7, 11) is -4.08. The van der Waals surface area contributed by atoms with E-state index in [1.54, 1.807) is 24.3 Å². The van der Waals surface area contributed by atoms with Crippen LogP contribution >= 0.6 is 11.6 Å². The number of carboxylic acid groups (broad SMARTS) is 1. The van der Waals surface area contributed by atoms with Crippen LogP contribution in [0.5, 0.6) is 0 Å². The molecule has 1 heterocycles. The number of carbonyl (C=O) groups is 1. The fourth-order valence-corrected chi connectivity index (χ4v) is 4.03. The van der Waals surface area contributed by atoms with Gasteiger partial charge in [-0.3, -0.25) is 9.59 Å². The lowest BCUT2D eigenvalue weighted by Crippen LogP contribution is -2.42. The third-order valence-electron chi connectivity index (χ3n) is 3.98. The van der Waals surface area contributed by atoms with E-state index in [1.165, 1.54) is 30.3 Å². The number of sulfonamides is 1. The number of aromatic amines is 1. The van der Waals surface area contributed by atoms with Gasteiger partial charge in [0.05, 0.1) is 4.90 Å². The van der Waals surface area contributed by atoms with E-state index < -0.39 is 27.6 Å². The molecule has 3 aromatic rings. The van der Waals surface area contributed by atoms with Crippen molar-refractivity contribution < 1.29 is 18.3 Å². The number of H-pyrrole nitrogens is 1. The lowest BCUT2D eigenvalue weighted by molar-refractivity contribution is -0.138. The molecular formula is C18H15ClN2O5S. The van der Waals surface area contributed by atoms with Crippen molar-refractivity contribution in [3.8, 4) is 0 Å². The topological polar surface area (TPSA) is 116 Å². The van der Waals surface area contributed by atoms with Crippen molar-refractivity contribution in [2.45, 2.75) is 17.4 Å². The maximum absolute atomic E-state index is 12.5. The van der Waals surface area contributed by atoms with Crippen molar-refractivity contribution in [1.29, 1.82) is 0 Å². The fraction of sp³-hybridized carbons (Fsp3) is 0.111. The van der Waals surface area contributed by atoms with Crippen molar-refractivity contribution >= 4 is 38.5 Å². The molecule has 3 N–H and O–H groups in total. The Bertz CT molecular complexity index is 1160. The molecule has 0 spiro atoms. The molecule has 0 amide bonds. The normalized spacial score (nSPS) is 12.8. The Morgan fingerprint density at radius 3 is 2.48 bits per heavy atom. The number of aromatic nitrogens is 1. The standard InChI is InChI=1S/C18H15ClN2O5S/c19-12-5-7-13(8-6-12)27(25,26)21-16(18(23)24)9-11-10-17(22)20-15-4-2-1-3-14(11)15/h1-8,10,16,21H,9H2,(H,20,22)(H,23,24). The maximum Gasteiger partial charge on any atom is 0.322 e. The summed E-state index contributed by atoms with van der Waals surface area (Å²) in [6.07, 6.45) is -0.188. The molecule has 1 aromatic heterocycles. The summed E-state index contributed by atoms with van der Waals surface area (Å²) in [6.45, 7) is 0. The van der Waals surface area contributed by atoms with E-state index in [9.17, 15) is 23.1 Å². The van der Waals surface area contributed by atoms with Crippen LogP contribution in [0.15, 0.2) is 64.3 Å². The van der Waals surface area contributed by atoms with Crippen LogP contribution in [0.1, 0.15) is 5.56 Å². The summed E-state index contributed by atoms with van der Waals surface area (Å²) >= 11 is 5.75. The molecule has 0 bridgehead atoms. The molecule has 9 heteroatoms. The quantitative estimate of drug-likeness (QED) is 0.580. The number of hydrogen-bond acceptors (Lipinski definition) is 4. The first-order valence-electron chi connectivity index (χ1n) is 7.88. The third kappa shape index (κ3) is 4.36. The van der Waals surface area contributed by atoms with Crippen molar-refractivity contribution in [2.75, 3.05) is 0 Å². The molecule has 0 aliphatic rings. The van der Waals surface area contributed by atoms with Crippen LogP contribution in [0.3, 0.4) is 0 Å². The number of aliphatic carboxylic acids is 1. The number of carboxylic acids is 1. The van der Waals surface area contributed by atoms with Gasteiger partial charge in [0.15, 0.2) is 0 Å². The van der Waals surface area contributed by atoms with Crippen LogP contribution in [-0.2, 0) is 21.2 Å². The lowest BCUT2D eigenvalue weighted by atomic mass is 10.0. The van der Waals surface area contributed by atoms with Gasteiger partial charge in [-0.2, -0.15) is 4.72 Å². The van der Waals surface area contributed by atoms with E-state index >= 15 is 0 Å². The molecule has 3 rings (SSSR count). The van der Waals surface area contributed by atoms with E-state index in [2.05, 4.69) is 9.71 Å². The second-order valence-corrected chi connectivity index (χ2v) is 8.02. The zero-order valence-electron chi connectivity index (χ0n) is 13.8. The minimum absolute atomic E-state index is 0.103. The van der Waals surface area contributed by atoms with E-state index in [-0.39, 0.29) is 11.3 Å². The van der Waals surface area contributed by atoms with Gasteiger partial charge in [-0.15, -0.1) is 0 Å². The van der Waals surface area contributed by atoms with Crippen LogP contribution in [0.25, 0.3) is 10.9 Å². The lowest BCUT2D eigenvalue weighted by Gasteiger charge is -2.16. The average Bonchev–Trinajstić information content (AvgIpc) is 2.61. The molecule has 0 radical (unpaired) electrons. The van der Waals surface area contributed by atoms with E-state index in [4.69, 9.17) is 11.6 Å². The molecule has 27 heavy (non-hydrogen) atoms. The van der Waals surface area contributed by atoms with Gasteiger partial charge in [-0.25, -0.2) is 8.42 Å². The summed E-state index contributed by atoms with van der Waals surface area (Å²) in [4.78, 5) is 26.0. The minimum Gasteiger partial charge on any atom is -0.480 e. The van der Waals surface area contributed by atoms with Gasteiger partial charge in [0.1, 0.15) is 6.04 Å². The number of halogens is 1. The molecule has 140 valence electrons. The second-order valence-electron chi connectivity index (χ2n) is 5.87. The Kier molecular flexibility index (Phi) is 5.31. The number of benzene rings is 2. The highest BCUT2D eigenvalue weighted by molar-refractivity contribution is 7.89. The van der Waals surface area contributed by atoms with Gasteiger partial charge in [0.25, 0.3) is 0 Å². The Morgan fingerprint density at radius 1 is 1.15 bits per heavy atom. The smallest absolute Gasteiger partial charge is 0.322 e. The first-order valence-corrected chi connectivity index (χ1v) is 9.74. The van der Waals surface area contributed by atoms with Gasteiger partial charge in [0, 0.05) is 28.4 Å². The van der Waals surface area contributed by atoms with Crippen LogP contribution in [0, 0.1) is 0 Å². The second kappa shape index (κ2) is 7.51. The number of para-hydroxylation sites is 1. The Hall–Kier alpha value is -2.68. The van der Waals surface area contributed by atoms with Crippen LogP contribution in [0.4, 0.5) is 0 Å². The first kappa shape index (κ1) is 19.1. The summed E-state index contributed by atoms with van der Waals surface area (Å²) in [5, 5.41) is 10.5. The van der Waals surface area contributed by atoms with Gasteiger partial charge >= 0.3 is 5.97 Å². The maximum atomic E-state index is 12.5. The first-order chi connectivity index (χ1) is 12.8. The number of pyridine rings is 1. The summed E-state index contributed by atoms with van der Waals surface area (Å²) in [6, 6.07) is 12.1. The number of fused-ring (bicyclic) bond motifs is 1. The van der Waals surface area contributed by atoms with Crippen molar-refractivity contribution in [2.24, 2.45) is 0 Å². The van der Waals surface area contributed by atoms with E-state index in [1.807, 2.05) is 0 Å². The number of nitrogens with one attached hydrogen (secondary N) is 2. The highest BCUT2D eigenvalue weighted by Gasteiger charge is 2.26.